The Balaban J connectivity index is 3.15. The molecule has 1 N–H and O–H groups in total. The second kappa shape index (κ2) is 4.57. The molecule has 0 fully saturated rings. The molecule has 0 aliphatic rings. The number of hydrogen-bond donors (Lipinski definition) is 1. The summed E-state index contributed by atoms with van der Waals surface area (Å²) >= 11 is 0. The third-order valence-corrected chi connectivity index (χ3v) is 2.34. The van der Waals surface area contributed by atoms with Crippen molar-refractivity contribution in [1.82, 2.24) is 0 Å². The zero-order valence-electron chi connectivity index (χ0n) is 8.92. The van der Waals surface area contributed by atoms with E-state index in [9.17, 15) is 13.9 Å². The van der Waals surface area contributed by atoms with E-state index in [1.165, 1.54) is 13.2 Å². The van der Waals surface area contributed by atoms with Crippen LogP contribution in [-0.4, -0.2) is 18.6 Å². The summed E-state index contributed by atoms with van der Waals surface area (Å²) in [4.78, 5) is 0. The van der Waals surface area contributed by atoms with Crippen LogP contribution in [0.1, 0.15) is 22.8 Å². The second-order valence-electron chi connectivity index (χ2n) is 3.46. The monoisotopic (exact) mass is 216 g/mol. The first kappa shape index (κ1) is 11.9. The standard InChI is InChI=1S/C11H14F2O2/c1-6-5-9(15-3)7(2)4-8(6)10(14)11(12)13/h4-5,10-11,14H,1-3H3. The first-order valence-electron chi connectivity index (χ1n) is 4.58. The molecule has 0 amide bonds. The van der Waals surface area contributed by atoms with Crippen LogP contribution in [0.2, 0.25) is 0 Å². The molecule has 0 aliphatic carbocycles. The molecule has 0 saturated carbocycles. The molecule has 0 heterocycles. The summed E-state index contributed by atoms with van der Waals surface area (Å²) in [6, 6.07) is 3.18. The molecule has 2 nitrogen and oxygen atoms in total. The molecule has 0 saturated heterocycles. The van der Waals surface area contributed by atoms with Crippen molar-refractivity contribution in [3.63, 3.8) is 0 Å². The number of rotatable bonds is 3. The first-order valence-corrected chi connectivity index (χ1v) is 4.58. The number of halogens is 2. The highest BCUT2D eigenvalue weighted by atomic mass is 19.3. The maximum atomic E-state index is 12.3. The maximum Gasteiger partial charge on any atom is 0.268 e. The smallest absolute Gasteiger partial charge is 0.268 e. The van der Waals surface area contributed by atoms with E-state index >= 15 is 0 Å². The van der Waals surface area contributed by atoms with Crippen LogP contribution < -0.4 is 4.74 Å². The Hall–Kier alpha value is -1.16. The van der Waals surface area contributed by atoms with Gasteiger partial charge in [-0.1, -0.05) is 0 Å². The Morgan fingerprint density at radius 3 is 2.27 bits per heavy atom. The van der Waals surface area contributed by atoms with Crippen molar-refractivity contribution >= 4 is 0 Å². The van der Waals surface area contributed by atoms with Crippen LogP contribution in [-0.2, 0) is 0 Å². The van der Waals surface area contributed by atoms with Crippen molar-refractivity contribution in [3.05, 3.63) is 28.8 Å². The molecular formula is C11H14F2O2. The van der Waals surface area contributed by atoms with Gasteiger partial charge in [0.25, 0.3) is 6.43 Å². The lowest BCUT2D eigenvalue weighted by atomic mass is 10.0. The first-order chi connectivity index (χ1) is 6.97. The van der Waals surface area contributed by atoms with Gasteiger partial charge in [-0.25, -0.2) is 8.78 Å². The van der Waals surface area contributed by atoms with E-state index in [0.717, 1.165) is 5.56 Å². The number of alkyl halides is 2. The van der Waals surface area contributed by atoms with Gasteiger partial charge in [0.2, 0.25) is 0 Å². The molecular weight excluding hydrogens is 202 g/mol. The van der Waals surface area contributed by atoms with E-state index in [1.807, 2.05) is 0 Å². The lowest BCUT2D eigenvalue weighted by molar-refractivity contribution is -0.00618. The fourth-order valence-corrected chi connectivity index (χ4v) is 1.49. The van der Waals surface area contributed by atoms with Crippen LogP contribution in [0.4, 0.5) is 8.78 Å². The normalized spacial score (nSPS) is 13.0. The minimum Gasteiger partial charge on any atom is -0.496 e. The third kappa shape index (κ3) is 2.45. The second-order valence-corrected chi connectivity index (χ2v) is 3.46. The number of aliphatic hydroxyl groups is 1. The molecule has 1 aromatic rings. The number of aryl methyl sites for hydroxylation is 2. The molecule has 0 radical (unpaired) electrons. The molecule has 4 heteroatoms. The highest BCUT2D eigenvalue weighted by Crippen LogP contribution is 2.29. The molecule has 0 bridgehead atoms. The lowest BCUT2D eigenvalue weighted by Gasteiger charge is -2.15. The summed E-state index contributed by atoms with van der Waals surface area (Å²) in [6.07, 6.45) is -4.49. The largest absolute Gasteiger partial charge is 0.496 e. The topological polar surface area (TPSA) is 29.5 Å². The van der Waals surface area contributed by atoms with Crippen LogP contribution in [0.15, 0.2) is 12.1 Å². The molecule has 1 aromatic carbocycles. The molecule has 1 atom stereocenters. The molecule has 1 rings (SSSR count). The fourth-order valence-electron chi connectivity index (χ4n) is 1.49. The van der Waals surface area contributed by atoms with Gasteiger partial charge in [0, 0.05) is 0 Å². The molecule has 84 valence electrons. The van der Waals surface area contributed by atoms with Crippen molar-refractivity contribution in [1.29, 1.82) is 0 Å². The van der Waals surface area contributed by atoms with Gasteiger partial charge in [-0.2, -0.15) is 0 Å². The molecule has 0 aromatic heterocycles. The summed E-state index contributed by atoms with van der Waals surface area (Å²) in [6.45, 7) is 3.42. The summed E-state index contributed by atoms with van der Waals surface area (Å²) in [7, 11) is 1.52. The number of methoxy groups -OCH3 is 1. The van der Waals surface area contributed by atoms with Gasteiger partial charge in [0.1, 0.15) is 11.9 Å². The van der Waals surface area contributed by atoms with Gasteiger partial charge in [-0.15, -0.1) is 0 Å². The van der Waals surface area contributed by atoms with E-state index in [1.54, 1.807) is 19.9 Å². The summed E-state index contributed by atoms with van der Waals surface area (Å²) < 4.78 is 29.7. The van der Waals surface area contributed by atoms with E-state index in [0.29, 0.717) is 11.3 Å². The Bertz CT molecular complexity index is 351. The quantitative estimate of drug-likeness (QED) is 0.841. The average Bonchev–Trinajstić information content (AvgIpc) is 2.19. The van der Waals surface area contributed by atoms with Crippen LogP contribution in [0.3, 0.4) is 0 Å². The maximum absolute atomic E-state index is 12.3. The lowest BCUT2D eigenvalue weighted by Crippen LogP contribution is -2.10. The predicted octanol–water partition coefficient (Wildman–Crippen LogP) is 2.61. The van der Waals surface area contributed by atoms with Crippen molar-refractivity contribution in [2.75, 3.05) is 7.11 Å². The molecule has 0 spiro atoms. The van der Waals surface area contributed by atoms with Gasteiger partial charge in [-0.3, -0.25) is 0 Å². The Labute approximate surface area is 87.5 Å². The number of hydrogen-bond acceptors (Lipinski definition) is 2. The van der Waals surface area contributed by atoms with Gasteiger partial charge in [0.15, 0.2) is 0 Å². The highest BCUT2D eigenvalue weighted by Gasteiger charge is 2.21. The molecule has 15 heavy (non-hydrogen) atoms. The Kier molecular flexibility index (Phi) is 3.63. The minimum atomic E-state index is -2.77. The van der Waals surface area contributed by atoms with Gasteiger partial charge in [-0.05, 0) is 42.7 Å². The van der Waals surface area contributed by atoms with Crippen LogP contribution >= 0.6 is 0 Å². The van der Waals surface area contributed by atoms with Gasteiger partial charge in [0.05, 0.1) is 7.11 Å². The van der Waals surface area contributed by atoms with Gasteiger partial charge >= 0.3 is 0 Å². The van der Waals surface area contributed by atoms with Crippen molar-refractivity contribution in [2.45, 2.75) is 26.4 Å². The van der Waals surface area contributed by atoms with Crippen molar-refractivity contribution < 1.29 is 18.6 Å². The van der Waals surface area contributed by atoms with E-state index in [4.69, 9.17) is 4.74 Å². The van der Waals surface area contributed by atoms with Crippen LogP contribution in [0, 0.1) is 13.8 Å². The third-order valence-electron chi connectivity index (χ3n) is 2.34. The summed E-state index contributed by atoms with van der Waals surface area (Å²) in [5.41, 5.74) is 1.59. The number of ether oxygens (including phenoxy) is 1. The number of aliphatic hydroxyl groups excluding tert-OH is 1. The van der Waals surface area contributed by atoms with E-state index in [2.05, 4.69) is 0 Å². The van der Waals surface area contributed by atoms with Crippen molar-refractivity contribution in [3.8, 4) is 5.75 Å². The molecule has 0 aliphatic heterocycles. The van der Waals surface area contributed by atoms with Crippen LogP contribution in [0.5, 0.6) is 5.75 Å². The van der Waals surface area contributed by atoms with E-state index in [-0.39, 0.29) is 5.56 Å². The van der Waals surface area contributed by atoms with Gasteiger partial charge < -0.3 is 9.84 Å². The zero-order valence-corrected chi connectivity index (χ0v) is 8.92. The summed E-state index contributed by atoms with van der Waals surface area (Å²) in [5, 5.41) is 9.28. The molecule has 1 unspecified atom stereocenters. The highest BCUT2D eigenvalue weighted by molar-refractivity contribution is 5.42. The fraction of sp³-hybridized carbons (Fsp3) is 0.455. The minimum absolute atomic E-state index is 0.253. The number of benzene rings is 1. The Morgan fingerprint density at radius 1 is 1.20 bits per heavy atom. The average molecular weight is 216 g/mol. The van der Waals surface area contributed by atoms with E-state index < -0.39 is 12.5 Å². The summed E-state index contributed by atoms with van der Waals surface area (Å²) in [5.74, 6) is 0.637. The Morgan fingerprint density at radius 2 is 1.80 bits per heavy atom. The SMILES string of the molecule is COc1cc(C)c(C(O)C(F)F)cc1C. The van der Waals surface area contributed by atoms with Crippen molar-refractivity contribution in [2.24, 2.45) is 0 Å². The predicted molar refractivity (Wildman–Crippen MR) is 53.4 cm³/mol. The van der Waals surface area contributed by atoms with Crippen LogP contribution in [0.25, 0.3) is 0 Å². The zero-order chi connectivity index (χ0) is 11.6.